The molecule has 0 fully saturated rings. The van der Waals surface area contributed by atoms with Crippen LogP contribution in [-0.4, -0.2) is 4.98 Å². The summed E-state index contributed by atoms with van der Waals surface area (Å²) < 4.78 is 50.3. The molecule has 102 valence electrons. The number of hydrogen-bond acceptors (Lipinski definition) is 3. The van der Waals surface area contributed by atoms with Crippen molar-refractivity contribution in [2.75, 3.05) is 5.32 Å². The molecule has 0 atom stereocenters. The van der Waals surface area contributed by atoms with Gasteiger partial charge in [-0.05, 0) is 30.3 Å². The minimum atomic E-state index is -4.50. The molecule has 0 amide bonds. The van der Waals surface area contributed by atoms with E-state index in [0.29, 0.717) is 5.69 Å². The van der Waals surface area contributed by atoms with Gasteiger partial charge in [-0.3, -0.25) is 0 Å². The summed E-state index contributed by atoms with van der Waals surface area (Å²) in [5.74, 6) is -0.711. The first kappa shape index (κ1) is 13.8. The monoisotopic (exact) mass is 281 g/mol. The Kier molecular flexibility index (Phi) is 3.57. The lowest BCUT2D eigenvalue weighted by molar-refractivity contribution is -0.141. The number of nitriles is 1. The molecule has 0 radical (unpaired) electrons. The van der Waals surface area contributed by atoms with Crippen LogP contribution >= 0.6 is 0 Å². The van der Waals surface area contributed by atoms with Crippen molar-refractivity contribution in [3.8, 4) is 6.07 Å². The van der Waals surface area contributed by atoms with Crippen LogP contribution in [0.5, 0.6) is 0 Å². The Morgan fingerprint density at radius 2 is 1.80 bits per heavy atom. The molecule has 0 aliphatic rings. The van der Waals surface area contributed by atoms with Gasteiger partial charge < -0.3 is 5.32 Å². The molecule has 0 aliphatic carbocycles. The number of hydrogen-bond donors (Lipinski definition) is 1. The van der Waals surface area contributed by atoms with Crippen LogP contribution in [0, 0.1) is 17.1 Å². The SMILES string of the molecule is N#Cc1ccc(Nc2ccc(C(F)(F)F)nc2)cc1F. The highest BCUT2D eigenvalue weighted by Crippen LogP contribution is 2.28. The van der Waals surface area contributed by atoms with Gasteiger partial charge in [0.1, 0.15) is 17.6 Å². The zero-order valence-corrected chi connectivity index (χ0v) is 9.87. The molecular formula is C13H7F4N3. The normalized spacial score (nSPS) is 10.9. The van der Waals surface area contributed by atoms with Crippen LogP contribution < -0.4 is 5.32 Å². The van der Waals surface area contributed by atoms with Crippen LogP contribution in [0.25, 0.3) is 0 Å². The summed E-state index contributed by atoms with van der Waals surface area (Å²) in [4.78, 5) is 3.27. The van der Waals surface area contributed by atoms with Crippen LogP contribution in [0.2, 0.25) is 0 Å². The highest BCUT2D eigenvalue weighted by molar-refractivity contribution is 5.60. The number of nitrogens with one attached hydrogen (secondary N) is 1. The number of aromatic nitrogens is 1. The average molecular weight is 281 g/mol. The average Bonchev–Trinajstić information content (AvgIpc) is 2.38. The van der Waals surface area contributed by atoms with E-state index in [4.69, 9.17) is 5.26 Å². The van der Waals surface area contributed by atoms with Crippen LogP contribution in [0.3, 0.4) is 0 Å². The second kappa shape index (κ2) is 5.17. The summed E-state index contributed by atoms with van der Waals surface area (Å²) in [5, 5.41) is 11.3. The first-order valence-electron chi connectivity index (χ1n) is 5.40. The molecule has 0 bridgehead atoms. The standard InChI is InChI=1S/C13H7F4N3/c14-11-5-9(2-1-8(11)6-18)20-10-3-4-12(19-7-10)13(15,16)17/h1-5,7,20H. The van der Waals surface area contributed by atoms with Gasteiger partial charge in [-0.25, -0.2) is 9.37 Å². The van der Waals surface area contributed by atoms with E-state index < -0.39 is 17.7 Å². The zero-order chi connectivity index (χ0) is 14.8. The molecule has 2 aromatic rings. The molecule has 20 heavy (non-hydrogen) atoms. The van der Waals surface area contributed by atoms with Gasteiger partial charge in [0.25, 0.3) is 0 Å². The molecular weight excluding hydrogens is 274 g/mol. The number of nitrogens with zero attached hydrogens (tertiary/aromatic N) is 2. The molecule has 3 nitrogen and oxygen atoms in total. The fourth-order valence-electron chi connectivity index (χ4n) is 1.49. The third-order valence-corrected chi connectivity index (χ3v) is 2.43. The Morgan fingerprint density at radius 1 is 1.10 bits per heavy atom. The van der Waals surface area contributed by atoms with Gasteiger partial charge in [0.2, 0.25) is 0 Å². The molecule has 1 heterocycles. The highest BCUT2D eigenvalue weighted by atomic mass is 19.4. The third kappa shape index (κ3) is 3.03. The Labute approximate surface area is 111 Å². The van der Waals surface area contributed by atoms with Crippen molar-refractivity contribution in [2.45, 2.75) is 6.18 Å². The van der Waals surface area contributed by atoms with Crippen molar-refractivity contribution in [1.82, 2.24) is 4.98 Å². The molecule has 0 saturated carbocycles. The molecule has 0 spiro atoms. The van der Waals surface area contributed by atoms with Gasteiger partial charge in [0.05, 0.1) is 17.4 Å². The second-order valence-corrected chi connectivity index (χ2v) is 3.86. The lowest BCUT2D eigenvalue weighted by Gasteiger charge is -2.09. The Balaban J connectivity index is 2.19. The largest absolute Gasteiger partial charge is 0.433 e. The Hall–Kier alpha value is -2.62. The maximum Gasteiger partial charge on any atom is 0.433 e. The molecule has 7 heteroatoms. The Morgan fingerprint density at radius 3 is 2.30 bits per heavy atom. The van der Waals surface area contributed by atoms with Crippen LogP contribution in [0.1, 0.15) is 11.3 Å². The highest BCUT2D eigenvalue weighted by Gasteiger charge is 2.31. The van der Waals surface area contributed by atoms with Gasteiger partial charge in [-0.1, -0.05) is 0 Å². The van der Waals surface area contributed by atoms with E-state index in [9.17, 15) is 17.6 Å². The lowest BCUT2D eigenvalue weighted by Crippen LogP contribution is -2.07. The molecule has 1 aromatic heterocycles. The van der Waals surface area contributed by atoms with E-state index in [0.717, 1.165) is 18.3 Å². The van der Waals surface area contributed by atoms with E-state index in [1.165, 1.54) is 18.2 Å². The van der Waals surface area contributed by atoms with Gasteiger partial charge in [-0.2, -0.15) is 18.4 Å². The Bertz CT molecular complexity index is 657. The number of rotatable bonds is 2. The topological polar surface area (TPSA) is 48.7 Å². The van der Waals surface area contributed by atoms with E-state index in [-0.39, 0.29) is 11.3 Å². The van der Waals surface area contributed by atoms with Crippen molar-refractivity contribution in [3.63, 3.8) is 0 Å². The van der Waals surface area contributed by atoms with E-state index >= 15 is 0 Å². The lowest BCUT2D eigenvalue weighted by atomic mass is 10.2. The van der Waals surface area contributed by atoms with Crippen LogP contribution in [0.15, 0.2) is 36.5 Å². The fourth-order valence-corrected chi connectivity index (χ4v) is 1.49. The van der Waals surface area contributed by atoms with Gasteiger partial charge in [0.15, 0.2) is 0 Å². The maximum atomic E-state index is 13.3. The fraction of sp³-hybridized carbons (Fsp3) is 0.0769. The summed E-state index contributed by atoms with van der Waals surface area (Å²) in [6, 6.07) is 7.47. The van der Waals surface area contributed by atoms with Crippen LogP contribution in [0.4, 0.5) is 28.9 Å². The zero-order valence-electron chi connectivity index (χ0n) is 9.87. The summed E-state index contributed by atoms with van der Waals surface area (Å²) in [5.41, 5.74) is -0.527. The maximum absolute atomic E-state index is 13.3. The first-order chi connectivity index (χ1) is 9.40. The van der Waals surface area contributed by atoms with Crippen molar-refractivity contribution in [2.24, 2.45) is 0 Å². The second-order valence-electron chi connectivity index (χ2n) is 3.86. The predicted octanol–water partition coefficient (Wildman–Crippen LogP) is 3.85. The number of anilines is 2. The van der Waals surface area contributed by atoms with Gasteiger partial charge >= 0.3 is 6.18 Å². The number of pyridine rings is 1. The smallest absolute Gasteiger partial charge is 0.354 e. The number of halogens is 4. The predicted molar refractivity (Wildman–Crippen MR) is 63.6 cm³/mol. The van der Waals surface area contributed by atoms with Crippen LogP contribution in [-0.2, 0) is 6.18 Å². The van der Waals surface area contributed by atoms with Gasteiger partial charge in [0, 0.05) is 5.69 Å². The number of benzene rings is 1. The third-order valence-electron chi connectivity index (χ3n) is 2.43. The summed E-state index contributed by atoms with van der Waals surface area (Å²) in [6.07, 6.45) is -3.50. The van der Waals surface area contributed by atoms with E-state index in [2.05, 4.69) is 10.3 Å². The summed E-state index contributed by atoms with van der Waals surface area (Å²) >= 11 is 0. The number of alkyl halides is 3. The molecule has 0 aliphatic heterocycles. The molecule has 1 aromatic carbocycles. The minimum Gasteiger partial charge on any atom is -0.354 e. The van der Waals surface area contributed by atoms with E-state index in [1.807, 2.05) is 0 Å². The van der Waals surface area contributed by atoms with Crippen molar-refractivity contribution < 1.29 is 17.6 Å². The summed E-state index contributed by atoms with van der Waals surface area (Å²) in [7, 11) is 0. The first-order valence-corrected chi connectivity index (χ1v) is 5.40. The van der Waals surface area contributed by atoms with Gasteiger partial charge in [-0.15, -0.1) is 0 Å². The molecule has 0 saturated heterocycles. The van der Waals surface area contributed by atoms with Crippen molar-refractivity contribution in [3.05, 3.63) is 53.6 Å². The summed E-state index contributed by atoms with van der Waals surface area (Å²) in [6.45, 7) is 0. The molecule has 1 N–H and O–H groups in total. The molecule has 0 unspecified atom stereocenters. The van der Waals surface area contributed by atoms with Crippen molar-refractivity contribution in [1.29, 1.82) is 5.26 Å². The quantitative estimate of drug-likeness (QED) is 0.850. The molecule has 2 rings (SSSR count). The van der Waals surface area contributed by atoms with Crippen molar-refractivity contribution >= 4 is 11.4 Å². The minimum absolute atomic E-state index is 0.110. The van der Waals surface area contributed by atoms with E-state index in [1.54, 1.807) is 6.07 Å².